The molecule has 2 nitrogen and oxygen atoms in total. The van der Waals surface area contributed by atoms with Crippen LogP contribution in [-0.4, -0.2) is 23.9 Å². The predicted octanol–water partition coefficient (Wildman–Crippen LogP) is 4.51. The number of hydrogen-bond donors (Lipinski definition) is 0. The zero-order chi connectivity index (χ0) is 14.6. The van der Waals surface area contributed by atoms with Gasteiger partial charge in [-0.05, 0) is 42.5 Å². The highest BCUT2D eigenvalue weighted by Gasteiger charge is 2.18. The summed E-state index contributed by atoms with van der Waals surface area (Å²) in [6.07, 6.45) is 0. The zero-order valence-corrected chi connectivity index (χ0v) is 14.1. The molecule has 0 saturated carbocycles. The van der Waals surface area contributed by atoms with Crippen molar-refractivity contribution in [1.82, 2.24) is 4.90 Å². The molecule has 0 aliphatic heterocycles. The smallest absolute Gasteiger partial charge is 0.253 e. The van der Waals surface area contributed by atoms with Gasteiger partial charge in [-0.15, -0.1) is 0 Å². The lowest BCUT2D eigenvalue weighted by Crippen LogP contribution is -2.37. The minimum absolute atomic E-state index is 0.131. The number of nitrogens with zero attached hydrogens (tertiary/aromatic N) is 1. The second kappa shape index (κ2) is 7.09. The lowest BCUT2D eigenvalue weighted by atomic mass is 10.1. The van der Waals surface area contributed by atoms with E-state index in [2.05, 4.69) is 43.6 Å². The van der Waals surface area contributed by atoms with Crippen LogP contribution in [-0.2, 0) is 0 Å². The molecule has 0 heterocycles. The molecule has 0 unspecified atom stereocenters. The quantitative estimate of drug-likeness (QED) is 0.779. The highest BCUT2D eigenvalue weighted by molar-refractivity contribution is 9.10. The summed E-state index contributed by atoms with van der Waals surface area (Å²) >= 11 is 3.46. The predicted molar refractivity (Wildman–Crippen MR) is 84.5 cm³/mol. The van der Waals surface area contributed by atoms with Crippen LogP contribution in [0.3, 0.4) is 0 Å². The van der Waals surface area contributed by atoms with Crippen LogP contribution in [0.25, 0.3) is 0 Å². The van der Waals surface area contributed by atoms with Crippen LogP contribution in [0.2, 0.25) is 0 Å². The van der Waals surface area contributed by atoms with Crippen LogP contribution >= 0.6 is 15.9 Å². The SMILES string of the molecule is Cc1cc(Br)cc(C(=O)N(CC(C)C)CC(C)C)c1. The van der Waals surface area contributed by atoms with Gasteiger partial charge < -0.3 is 4.90 Å². The van der Waals surface area contributed by atoms with Gasteiger partial charge in [0.15, 0.2) is 0 Å². The van der Waals surface area contributed by atoms with Gasteiger partial charge in [0.05, 0.1) is 0 Å². The second-order valence-electron chi connectivity index (χ2n) is 6.02. The third kappa shape index (κ3) is 5.35. The summed E-state index contributed by atoms with van der Waals surface area (Å²) in [5.41, 5.74) is 1.87. The van der Waals surface area contributed by atoms with E-state index in [0.29, 0.717) is 11.8 Å². The maximum Gasteiger partial charge on any atom is 0.253 e. The van der Waals surface area contributed by atoms with Gasteiger partial charge in [-0.3, -0.25) is 4.79 Å². The van der Waals surface area contributed by atoms with Crippen molar-refractivity contribution in [3.63, 3.8) is 0 Å². The van der Waals surface area contributed by atoms with E-state index >= 15 is 0 Å². The van der Waals surface area contributed by atoms with Crippen molar-refractivity contribution in [1.29, 1.82) is 0 Å². The molecular formula is C16H24BrNO. The third-order valence-electron chi connectivity index (χ3n) is 2.75. The van der Waals surface area contributed by atoms with Crippen molar-refractivity contribution in [2.24, 2.45) is 11.8 Å². The number of carbonyl (C=O) groups is 1. The molecule has 1 rings (SSSR count). The molecule has 0 aromatic heterocycles. The molecule has 106 valence electrons. The number of amides is 1. The number of benzene rings is 1. The maximum absolute atomic E-state index is 12.6. The van der Waals surface area contributed by atoms with Gasteiger partial charge in [-0.25, -0.2) is 0 Å². The molecule has 0 spiro atoms. The molecule has 0 bridgehead atoms. The van der Waals surface area contributed by atoms with Gasteiger partial charge in [-0.1, -0.05) is 43.6 Å². The van der Waals surface area contributed by atoms with Crippen molar-refractivity contribution in [3.8, 4) is 0 Å². The van der Waals surface area contributed by atoms with E-state index in [1.54, 1.807) is 0 Å². The van der Waals surface area contributed by atoms with Gasteiger partial charge in [0.25, 0.3) is 5.91 Å². The third-order valence-corrected chi connectivity index (χ3v) is 3.21. The van der Waals surface area contributed by atoms with Gasteiger partial charge in [0.2, 0.25) is 0 Å². The Labute approximate surface area is 125 Å². The maximum atomic E-state index is 12.6. The van der Waals surface area contributed by atoms with Crippen molar-refractivity contribution in [2.75, 3.05) is 13.1 Å². The fourth-order valence-corrected chi connectivity index (χ4v) is 2.77. The average Bonchev–Trinajstić information content (AvgIpc) is 2.24. The molecular weight excluding hydrogens is 302 g/mol. The lowest BCUT2D eigenvalue weighted by molar-refractivity contribution is 0.0715. The fraction of sp³-hybridized carbons (Fsp3) is 0.562. The van der Waals surface area contributed by atoms with E-state index in [1.807, 2.05) is 30.0 Å². The van der Waals surface area contributed by atoms with Crippen molar-refractivity contribution < 1.29 is 4.79 Å². The zero-order valence-electron chi connectivity index (χ0n) is 12.5. The first-order valence-corrected chi connectivity index (χ1v) is 7.65. The molecule has 1 amide bonds. The summed E-state index contributed by atoms with van der Waals surface area (Å²) in [6, 6.07) is 5.88. The Morgan fingerprint density at radius 1 is 1.11 bits per heavy atom. The summed E-state index contributed by atoms with van der Waals surface area (Å²) in [7, 11) is 0. The van der Waals surface area contributed by atoms with E-state index in [1.165, 1.54) is 0 Å². The molecule has 1 aromatic carbocycles. The van der Waals surface area contributed by atoms with Gasteiger partial charge >= 0.3 is 0 Å². The standard InChI is InChI=1S/C16H24BrNO/c1-11(2)9-18(10-12(3)4)16(19)14-6-13(5)7-15(17)8-14/h6-8,11-12H,9-10H2,1-5H3. The molecule has 0 atom stereocenters. The molecule has 0 aliphatic carbocycles. The highest BCUT2D eigenvalue weighted by Crippen LogP contribution is 2.18. The highest BCUT2D eigenvalue weighted by atomic mass is 79.9. The van der Waals surface area contributed by atoms with Crippen molar-refractivity contribution >= 4 is 21.8 Å². The normalized spacial score (nSPS) is 11.2. The summed E-state index contributed by atoms with van der Waals surface area (Å²) in [5, 5.41) is 0. The minimum Gasteiger partial charge on any atom is -0.338 e. The monoisotopic (exact) mass is 325 g/mol. The van der Waals surface area contributed by atoms with E-state index < -0.39 is 0 Å². The van der Waals surface area contributed by atoms with Crippen LogP contribution in [0.4, 0.5) is 0 Å². The van der Waals surface area contributed by atoms with Crippen LogP contribution in [0.1, 0.15) is 43.6 Å². The fourth-order valence-electron chi connectivity index (χ4n) is 2.16. The van der Waals surface area contributed by atoms with Crippen molar-refractivity contribution in [2.45, 2.75) is 34.6 Å². The van der Waals surface area contributed by atoms with Crippen molar-refractivity contribution in [3.05, 3.63) is 33.8 Å². The lowest BCUT2D eigenvalue weighted by Gasteiger charge is -2.26. The Balaban J connectivity index is 2.97. The minimum atomic E-state index is 0.131. The summed E-state index contributed by atoms with van der Waals surface area (Å²) < 4.78 is 0.963. The second-order valence-corrected chi connectivity index (χ2v) is 6.93. The van der Waals surface area contributed by atoms with E-state index in [-0.39, 0.29) is 5.91 Å². The average molecular weight is 326 g/mol. The molecule has 0 saturated heterocycles. The molecule has 19 heavy (non-hydrogen) atoms. The largest absolute Gasteiger partial charge is 0.338 e. The van der Waals surface area contributed by atoms with Crippen LogP contribution in [0.5, 0.6) is 0 Å². The summed E-state index contributed by atoms with van der Waals surface area (Å²) in [6.45, 7) is 12.2. The number of rotatable bonds is 5. The number of halogens is 1. The first-order chi connectivity index (χ1) is 8.79. The first-order valence-electron chi connectivity index (χ1n) is 6.86. The molecule has 0 N–H and O–H groups in total. The number of aryl methyl sites for hydroxylation is 1. The van der Waals surface area contributed by atoms with Crippen LogP contribution in [0.15, 0.2) is 22.7 Å². The molecule has 3 heteroatoms. The molecule has 0 fully saturated rings. The Morgan fingerprint density at radius 2 is 1.63 bits per heavy atom. The summed E-state index contributed by atoms with van der Waals surface area (Å²) in [5.74, 6) is 1.10. The Hall–Kier alpha value is -0.830. The topological polar surface area (TPSA) is 20.3 Å². The molecule has 0 radical (unpaired) electrons. The Morgan fingerprint density at radius 3 is 2.05 bits per heavy atom. The van der Waals surface area contributed by atoms with E-state index in [9.17, 15) is 4.79 Å². The van der Waals surface area contributed by atoms with Crippen LogP contribution < -0.4 is 0 Å². The summed E-state index contributed by atoms with van der Waals surface area (Å²) in [4.78, 5) is 14.6. The van der Waals surface area contributed by atoms with E-state index in [0.717, 1.165) is 28.7 Å². The van der Waals surface area contributed by atoms with Crippen LogP contribution in [0, 0.1) is 18.8 Å². The Kier molecular flexibility index (Phi) is 6.05. The number of carbonyl (C=O) groups excluding carboxylic acids is 1. The van der Waals surface area contributed by atoms with Gasteiger partial charge in [0, 0.05) is 23.1 Å². The molecule has 1 aromatic rings. The van der Waals surface area contributed by atoms with Gasteiger partial charge in [-0.2, -0.15) is 0 Å². The first kappa shape index (κ1) is 16.2. The van der Waals surface area contributed by atoms with Gasteiger partial charge in [0.1, 0.15) is 0 Å². The molecule has 0 aliphatic rings. The number of hydrogen-bond acceptors (Lipinski definition) is 1. The van der Waals surface area contributed by atoms with E-state index in [4.69, 9.17) is 0 Å². The Bertz CT molecular complexity index is 410.